The number of rotatable bonds is 3. The number of benzene rings is 1. The number of allylic oxidation sites excluding steroid dienone is 2. The molecule has 0 radical (unpaired) electrons. The molecule has 1 aromatic carbocycles. The van der Waals surface area contributed by atoms with Crippen LogP contribution in [0.5, 0.6) is 5.75 Å². The van der Waals surface area contributed by atoms with E-state index in [9.17, 15) is 8.78 Å². The molecule has 0 saturated carbocycles. The molecule has 3 rings (SSSR count). The number of alkyl halides is 1. The fourth-order valence-corrected chi connectivity index (χ4v) is 2.85. The first-order valence-electron chi connectivity index (χ1n) is 8.55. The number of halogens is 2. The van der Waals surface area contributed by atoms with E-state index in [1.54, 1.807) is 35.2 Å². The summed E-state index contributed by atoms with van der Waals surface area (Å²) in [5.41, 5.74) is 12.8. The summed E-state index contributed by atoms with van der Waals surface area (Å²) in [7, 11) is 1.81. The van der Waals surface area contributed by atoms with E-state index in [4.69, 9.17) is 16.2 Å². The van der Waals surface area contributed by atoms with Crippen molar-refractivity contribution in [3.63, 3.8) is 0 Å². The van der Waals surface area contributed by atoms with Crippen LogP contribution >= 0.6 is 0 Å². The topological polar surface area (TPSA) is 64.5 Å². The van der Waals surface area contributed by atoms with E-state index in [2.05, 4.69) is 11.8 Å². The molecular weight excluding hydrogens is 348 g/mol. The van der Waals surface area contributed by atoms with E-state index in [0.29, 0.717) is 23.7 Å². The molecule has 0 bridgehead atoms. The molecule has 27 heavy (non-hydrogen) atoms. The Morgan fingerprint density at radius 2 is 2.00 bits per heavy atom. The molecule has 2 aliphatic rings. The van der Waals surface area contributed by atoms with Crippen molar-refractivity contribution in [3.05, 3.63) is 76.9 Å². The van der Waals surface area contributed by atoms with E-state index >= 15 is 0 Å². The molecular formula is C21H21F2N3O. The predicted molar refractivity (Wildman–Crippen MR) is 102 cm³/mol. The molecule has 4 nitrogen and oxygen atoms in total. The summed E-state index contributed by atoms with van der Waals surface area (Å²) in [6.07, 6.45) is 1.69. The lowest BCUT2D eigenvalue weighted by atomic mass is 9.98. The fraction of sp³-hybridized carbons (Fsp3) is 0.238. The van der Waals surface area contributed by atoms with Gasteiger partial charge in [0.2, 0.25) is 0 Å². The van der Waals surface area contributed by atoms with Crippen molar-refractivity contribution in [2.75, 3.05) is 20.1 Å². The Balaban J connectivity index is 1.81. The van der Waals surface area contributed by atoms with E-state index in [1.165, 1.54) is 12.2 Å². The zero-order valence-corrected chi connectivity index (χ0v) is 15.0. The molecule has 6 heteroatoms. The molecule has 1 aliphatic heterocycles. The first kappa shape index (κ1) is 18.7. The van der Waals surface area contributed by atoms with Gasteiger partial charge in [0.05, 0.1) is 12.1 Å². The molecule has 1 aliphatic carbocycles. The highest BCUT2D eigenvalue weighted by molar-refractivity contribution is 5.50. The molecule has 4 N–H and O–H groups in total. The maximum Gasteiger partial charge on any atom is 0.176 e. The average Bonchev–Trinajstić information content (AvgIpc) is 2.67. The number of hydrogen-bond acceptors (Lipinski definition) is 4. The first-order valence-corrected chi connectivity index (χ1v) is 8.55. The molecule has 2 atom stereocenters. The minimum absolute atomic E-state index is 0.223. The third kappa shape index (κ3) is 4.21. The van der Waals surface area contributed by atoms with Gasteiger partial charge in [-0.1, -0.05) is 30.0 Å². The smallest absolute Gasteiger partial charge is 0.176 e. The van der Waals surface area contributed by atoms with Crippen LogP contribution in [0.4, 0.5) is 8.78 Å². The van der Waals surface area contributed by atoms with Crippen LogP contribution in [0.3, 0.4) is 0 Å². The van der Waals surface area contributed by atoms with Gasteiger partial charge in [0, 0.05) is 24.7 Å². The van der Waals surface area contributed by atoms with E-state index in [0.717, 1.165) is 5.57 Å². The van der Waals surface area contributed by atoms with Gasteiger partial charge < -0.3 is 21.1 Å². The SMILES string of the molecule is CN1CC(C#CC2=C(F)C=CC(Oc3ccccc3)C2F)=CC(CN)=C1N. The fourth-order valence-electron chi connectivity index (χ4n) is 2.85. The van der Waals surface area contributed by atoms with Crippen molar-refractivity contribution in [1.82, 2.24) is 4.90 Å². The van der Waals surface area contributed by atoms with Crippen molar-refractivity contribution >= 4 is 0 Å². The lowest BCUT2D eigenvalue weighted by Crippen LogP contribution is -2.32. The molecule has 0 fully saturated rings. The van der Waals surface area contributed by atoms with Gasteiger partial charge in [0.15, 0.2) is 12.3 Å². The van der Waals surface area contributed by atoms with Gasteiger partial charge in [-0.3, -0.25) is 0 Å². The number of nitrogens with two attached hydrogens (primary N) is 2. The Kier molecular flexibility index (Phi) is 5.63. The summed E-state index contributed by atoms with van der Waals surface area (Å²) in [5.74, 6) is 5.88. The maximum absolute atomic E-state index is 14.8. The largest absolute Gasteiger partial charge is 0.483 e. The van der Waals surface area contributed by atoms with Crippen molar-refractivity contribution in [2.24, 2.45) is 11.5 Å². The van der Waals surface area contributed by atoms with E-state index in [-0.39, 0.29) is 12.1 Å². The summed E-state index contributed by atoms with van der Waals surface area (Å²) >= 11 is 0. The molecule has 0 amide bonds. The molecule has 0 aromatic heterocycles. The van der Waals surface area contributed by atoms with Crippen LogP contribution in [-0.4, -0.2) is 37.3 Å². The number of ether oxygens (including phenoxy) is 1. The summed E-state index contributed by atoms with van der Waals surface area (Å²) in [5, 5.41) is 0. The second-order valence-electron chi connectivity index (χ2n) is 6.31. The third-order valence-corrected chi connectivity index (χ3v) is 4.34. The minimum Gasteiger partial charge on any atom is -0.483 e. The summed E-state index contributed by atoms with van der Waals surface area (Å²) in [6, 6.07) is 8.83. The minimum atomic E-state index is -1.70. The highest BCUT2D eigenvalue weighted by atomic mass is 19.1. The number of hydrogen-bond donors (Lipinski definition) is 2. The molecule has 1 heterocycles. The Morgan fingerprint density at radius 3 is 2.70 bits per heavy atom. The van der Waals surface area contributed by atoms with Gasteiger partial charge in [-0.05, 0) is 30.4 Å². The standard InChI is InChI=1S/C21H21F2N3O/c1-26-13-14(11-15(12-24)21(26)25)7-8-17-18(22)9-10-19(20(17)23)27-16-5-3-2-4-6-16/h2-6,9-11,19-20H,12-13,24-25H2,1H3. The van der Waals surface area contributed by atoms with Gasteiger partial charge in [-0.2, -0.15) is 0 Å². The number of para-hydroxylation sites is 1. The number of likely N-dealkylation sites (N-methyl/N-ethyl adjacent to an activating group) is 1. The molecule has 1 aromatic rings. The second-order valence-corrected chi connectivity index (χ2v) is 6.31. The Hall–Kier alpha value is -3.04. The highest BCUT2D eigenvalue weighted by Crippen LogP contribution is 2.27. The van der Waals surface area contributed by atoms with Crippen LogP contribution < -0.4 is 16.2 Å². The summed E-state index contributed by atoms with van der Waals surface area (Å²) < 4.78 is 34.6. The summed E-state index contributed by atoms with van der Waals surface area (Å²) in [6.45, 7) is 0.716. The zero-order chi connectivity index (χ0) is 19.4. The molecule has 0 spiro atoms. The zero-order valence-electron chi connectivity index (χ0n) is 15.0. The van der Waals surface area contributed by atoms with Crippen molar-refractivity contribution in [3.8, 4) is 17.6 Å². The lowest BCUT2D eigenvalue weighted by Gasteiger charge is -2.26. The van der Waals surface area contributed by atoms with E-state index in [1.807, 2.05) is 13.1 Å². The van der Waals surface area contributed by atoms with Crippen LogP contribution in [0.1, 0.15) is 0 Å². The van der Waals surface area contributed by atoms with Gasteiger partial charge in [-0.15, -0.1) is 0 Å². The predicted octanol–water partition coefficient (Wildman–Crippen LogP) is 2.57. The van der Waals surface area contributed by atoms with Gasteiger partial charge in [-0.25, -0.2) is 8.78 Å². The van der Waals surface area contributed by atoms with Crippen LogP contribution in [0.25, 0.3) is 0 Å². The number of nitrogens with zero attached hydrogens (tertiary/aromatic N) is 1. The first-order chi connectivity index (χ1) is 13.0. The normalized spacial score (nSPS) is 22.4. The monoisotopic (exact) mass is 369 g/mol. The van der Waals surface area contributed by atoms with Gasteiger partial charge in [0.1, 0.15) is 17.4 Å². The van der Waals surface area contributed by atoms with Crippen molar-refractivity contribution < 1.29 is 13.5 Å². The maximum atomic E-state index is 14.8. The third-order valence-electron chi connectivity index (χ3n) is 4.34. The Bertz CT molecular complexity index is 891. The second kappa shape index (κ2) is 8.11. The van der Waals surface area contributed by atoms with Crippen LogP contribution in [0.2, 0.25) is 0 Å². The average molecular weight is 369 g/mol. The van der Waals surface area contributed by atoms with Crippen molar-refractivity contribution in [2.45, 2.75) is 12.3 Å². The van der Waals surface area contributed by atoms with Gasteiger partial charge in [0.25, 0.3) is 0 Å². The summed E-state index contributed by atoms with van der Waals surface area (Å²) in [4.78, 5) is 1.80. The Labute approximate surface area is 157 Å². The van der Waals surface area contributed by atoms with Gasteiger partial charge >= 0.3 is 0 Å². The van der Waals surface area contributed by atoms with E-state index < -0.39 is 18.1 Å². The van der Waals surface area contributed by atoms with Crippen LogP contribution in [0, 0.1) is 11.8 Å². The highest BCUT2D eigenvalue weighted by Gasteiger charge is 2.30. The molecule has 0 saturated heterocycles. The van der Waals surface area contributed by atoms with Crippen LogP contribution in [0.15, 0.2) is 76.9 Å². The van der Waals surface area contributed by atoms with Crippen molar-refractivity contribution in [1.29, 1.82) is 0 Å². The van der Waals surface area contributed by atoms with Crippen LogP contribution in [-0.2, 0) is 0 Å². The Morgan fingerprint density at radius 1 is 1.26 bits per heavy atom. The quantitative estimate of drug-likeness (QED) is 0.804. The molecule has 140 valence electrons. The molecule has 2 unspecified atom stereocenters. The lowest BCUT2D eigenvalue weighted by molar-refractivity contribution is 0.157.